The van der Waals surface area contributed by atoms with Crippen LogP contribution in [0.1, 0.15) is 39.7 Å². The molecule has 1 aliphatic rings. The lowest BCUT2D eigenvalue weighted by Gasteiger charge is -2.36. The molecule has 5 nitrogen and oxygen atoms in total. The number of halogens is 2. The van der Waals surface area contributed by atoms with Gasteiger partial charge in [-0.3, -0.25) is 4.79 Å². The Kier molecular flexibility index (Phi) is 7.93. The summed E-state index contributed by atoms with van der Waals surface area (Å²) in [6.07, 6.45) is 6.41. The van der Waals surface area contributed by atoms with Gasteiger partial charge in [-0.15, -0.1) is 0 Å². The first-order valence-electron chi connectivity index (χ1n) is 9.91. The van der Waals surface area contributed by atoms with Crippen molar-refractivity contribution < 1.29 is 13.6 Å². The zero-order valence-corrected chi connectivity index (χ0v) is 17.6. The third-order valence-electron chi connectivity index (χ3n) is 4.69. The number of carbonyl (C=O) groups is 1. The second kappa shape index (κ2) is 10.2. The van der Waals surface area contributed by atoms with E-state index < -0.39 is 5.92 Å². The molecule has 29 heavy (non-hydrogen) atoms. The third kappa shape index (κ3) is 6.41. The molecule has 1 heterocycles. The first kappa shape index (κ1) is 22.6. The highest BCUT2D eigenvalue weighted by molar-refractivity contribution is 6.01. The second-order valence-corrected chi connectivity index (χ2v) is 7.04. The summed E-state index contributed by atoms with van der Waals surface area (Å²) >= 11 is 0. The van der Waals surface area contributed by atoms with E-state index in [1.807, 2.05) is 30.9 Å². The van der Waals surface area contributed by atoms with Gasteiger partial charge < -0.3 is 15.1 Å². The van der Waals surface area contributed by atoms with Crippen molar-refractivity contribution in [3.63, 3.8) is 0 Å². The van der Waals surface area contributed by atoms with E-state index >= 15 is 0 Å². The molecule has 0 bridgehead atoms. The van der Waals surface area contributed by atoms with E-state index in [9.17, 15) is 13.6 Å². The lowest BCUT2D eigenvalue weighted by molar-refractivity contribution is -0.130. The molecule has 2 rings (SSSR count). The molecule has 0 aliphatic carbocycles. The van der Waals surface area contributed by atoms with Crippen molar-refractivity contribution in [1.82, 2.24) is 9.80 Å². The van der Waals surface area contributed by atoms with Crippen molar-refractivity contribution in [2.24, 2.45) is 4.99 Å². The minimum Gasteiger partial charge on any atom is -0.353 e. The molecule has 1 amide bonds. The van der Waals surface area contributed by atoms with Gasteiger partial charge in [0.1, 0.15) is 0 Å². The summed E-state index contributed by atoms with van der Waals surface area (Å²) < 4.78 is 27.0. The lowest BCUT2D eigenvalue weighted by Crippen LogP contribution is -2.50. The fourth-order valence-corrected chi connectivity index (χ4v) is 3.10. The fraction of sp³-hybridized carbons (Fsp3) is 0.455. The molecule has 7 heteroatoms. The van der Waals surface area contributed by atoms with Crippen molar-refractivity contribution in [2.45, 2.75) is 40.0 Å². The molecular weight excluding hydrogens is 374 g/mol. The van der Waals surface area contributed by atoms with Crippen LogP contribution in [-0.4, -0.2) is 47.7 Å². The molecule has 0 saturated carbocycles. The summed E-state index contributed by atoms with van der Waals surface area (Å²) in [5, 5.41) is 3.33. The predicted octanol–water partition coefficient (Wildman–Crippen LogP) is 4.60. The van der Waals surface area contributed by atoms with Crippen LogP contribution in [0.3, 0.4) is 0 Å². The summed E-state index contributed by atoms with van der Waals surface area (Å²) in [6, 6.07) is 6.16. The van der Waals surface area contributed by atoms with E-state index in [0.29, 0.717) is 31.9 Å². The first-order chi connectivity index (χ1) is 13.8. The zero-order chi connectivity index (χ0) is 21.4. The van der Waals surface area contributed by atoms with Gasteiger partial charge in [-0.2, -0.15) is 0 Å². The summed E-state index contributed by atoms with van der Waals surface area (Å²) in [6.45, 7) is 9.05. The standard InChI is InChI=1S/C22H30F2N4O/c1-5-7-20(26-19-10-8-18(9-11-19)22(4,23)24)21(25-12-6-2)28-15-13-27(14-16-28)17(3)29/h6-12,26H,5,13-16H2,1-4H3/b12-6-,20-7-,25-21+. The number of nitrogens with one attached hydrogen (secondary N) is 1. The minimum atomic E-state index is -2.87. The Bertz CT molecular complexity index is 771. The number of rotatable bonds is 6. The molecule has 1 aromatic carbocycles. The Hall–Kier alpha value is -2.70. The topological polar surface area (TPSA) is 47.9 Å². The Balaban J connectivity index is 2.24. The van der Waals surface area contributed by atoms with Gasteiger partial charge in [-0.05, 0) is 25.5 Å². The van der Waals surface area contributed by atoms with Gasteiger partial charge in [-0.25, -0.2) is 13.8 Å². The number of amidine groups is 1. The molecule has 0 spiro atoms. The average Bonchev–Trinajstić information content (AvgIpc) is 2.68. The zero-order valence-electron chi connectivity index (χ0n) is 17.6. The van der Waals surface area contributed by atoms with Crippen LogP contribution < -0.4 is 5.32 Å². The van der Waals surface area contributed by atoms with Gasteiger partial charge in [0, 0.05) is 57.5 Å². The van der Waals surface area contributed by atoms with Gasteiger partial charge >= 0.3 is 0 Å². The van der Waals surface area contributed by atoms with Crippen LogP contribution in [0.4, 0.5) is 14.5 Å². The first-order valence-corrected chi connectivity index (χ1v) is 9.91. The molecule has 0 aromatic heterocycles. The number of carbonyl (C=O) groups excluding carboxylic acids is 1. The Labute approximate surface area is 171 Å². The maximum Gasteiger partial charge on any atom is 0.270 e. The summed E-state index contributed by atoms with van der Waals surface area (Å²) in [7, 11) is 0. The number of alkyl halides is 2. The summed E-state index contributed by atoms with van der Waals surface area (Å²) in [5.41, 5.74) is 1.51. The van der Waals surface area contributed by atoms with E-state index in [1.165, 1.54) is 12.1 Å². The van der Waals surface area contributed by atoms with Gasteiger partial charge in [-0.1, -0.05) is 31.2 Å². The van der Waals surface area contributed by atoms with Crippen molar-refractivity contribution in [3.8, 4) is 0 Å². The van der Waals surface area contributed by atoms with Crippen LogP contribution in [0.2, 0.25) is 0 Å². The van der Waals surface area contributed by atoms with Gasteiger partial charge in [0.15, 0.2) is 5.84 Å². The van der Waals surface area contributed by atoms with Crippen molar-refractivity contribution in [2.75, 3.05) is 31.5 Å². The van der Waals surface area contributed by atoms with E-state index in [4.69, 9.17) is 0 Å². The monoisotopic (exact) mass is 404 g/mol. The molecular formula is C22H30F2N4O. The highest BCUT2D eigenvalue weighted by atomic mass is 19.3. The number of anilines is 1. The van der Waals surface area contributed by atoms with Crippen LogP contribution in [-0.2, 0) is 10.7 Å². The lowest BCUT2D eigenvalue weighted by atomic mass is 10.1. The predicted molar refractivity (Wildman–Crippen MR) is 114 cm³/mol. The van der Waals surface area contributed by atoms with Crippen LogP contribution in [0.25, 0.3) is 0 Å². The molecule has 0 unspecified atom stereocenters. The number of piperazine rings is 1. The molecule has 1 aliphatic heterocycles. The highest BCUT2D eigenvalue weighted by Gasteiger charge is 2.25. The van der Waals surface area contributed by atoms with Crippen LogP contribution >= 0.6 is 0 Å². The molecule has 0 radical (unpaired) electrons. The number of allylic oxidation sites excluding steroid dienone is 2. The van der Waals surface area contributed by atoms with E-state index in [0.717, 1.165) is 24.9 Å². The smallest absolute Gasteiger partial charge is 0.270 e. The molecule has 0 atom stereocenters. The SMILES string of the molecule is C\C=C/N=C(\C(=C\CC)Nc1ccc(C(C)(F)F)cc1)N1CCN(C(C)=O)CC1. The normalized spacial score (nSPS) is 16.5. The van der Waals surface area contributed by atoms with Gasteiger partial charge in [0.2, 0.25) is 5.91 Å². The van der Waals surface area contributed by atoms with Gasteiger partial charge in [0.05, 0.1) is 5.70 Å². The quantitative estimate of drug-likeness (QED) is 0.557. The van der Waals surface area contributed by atoms with Gasteiger partial charge in [0.25, 0.3) is 5.92 Å². The molecule has 158 valence electrons. The average molecular weight is 405 g/mol. The number of aliphatic imine (C=N–C) groups is 1. The number of hydrogen-bond donors (Lipinski definition) is 1. The molecule has 1 saturated heterocycles. The second-order valence-electron chi connectivity index (χ2n) is 7.04. The van der Waals surface area contributed by atoms with Crippen molar-refractivity contribution in [1.29, 1.82) is 0 Å². The van der Waals surface area contributed by atoms with Crippen LogP contribution in [0.15, 0.2) is 53.3 Å². The summed E-state index contributed by atoms with van der Waals surface area (Å²) in [4.78, 5) is 20.2. The van der Waals surface area contributed by atoms with Crippen molar-refractivity contribution >= 4 is 17.4 Å². The van der Waals surface area contributed by atoms with Crippen LogP contribution in [0.5, 0.6) is 0 Å². The Morgan fingerprint density at radius 1 is 1.17 bits per heavy atom. The molecule has 1 fully saturated rings. The highest BCUT2D eigenvalue weighted by Crippen LogP contribution is 2.28. The van der Waals surface area contributed by atoms with Crippen molar-refractivity contribution in [3.05, 3.63) is 53.9 Å². The number of nitrogens with zero attached hydrogens (tertiary/aromatic N) is 3. The maximum absolute atomic E-state index is 13.5. The number of hydrogen-bond acceptors (Lipinski definition) is 3. The fourth-order valence-electron chi connectivity index (χ4n) is 3.10. The Morgan fingerprint density at radius 2 is 1.76 bits per heavy atom. The number of amides is 1. The maximum atomic E-state index is 13.5. The van der Waals surface area contributed by atoms with E-state index in [1.54, 1.807) is 25.3 Å². The summed E-state index contributed by atoms with van der Waals surface area (Å²) in [5.74, 6) is -2.01. The Morgan fingerprint density at radius 3 is 2.24 bits per heavy atom. The third-order valence-corrected chi connectivity index (χ3v) is 4.69. The van der Waals surface area contributed by atoms with E-state index in [-0.39, 0.29) is 11.5 Å². The number of benzene rings is 1. The minimum absolute atomic E-state index is 0.0211. The van der Waals surface area contributed by atoms with Crippen LogP contribution in [0, 0.1) is 0 Å². The van der Waals surface area contributed by atoms with E-state index in [2.05, 4.69) is 15.2 Å². The molecule has 1 aromatic rings. The largest absolute Gasteiger partial charge is 0.353 e. The molecule has 1 N–H and O–H groups in total.